The zero-order valence-corrected chi connectivity index (χ0v) is 61.1. The number of carbonyl (C=O) groups excluding carboxylic acids is 15. The van der Waals surface area contributed by atoms with E-state index in [2.05, 4.69) is 63.8 Å². The van der Waals surface area contributed by atoms with Crippen molar-refractivity contribution >= 4 is 118 Å². The number of carbonyl (C=O) groups is 20. The number of nitrogens with two attached hydrogens (primary N) is 3. The topological polar surface area (TPSA) is 671 Å². The van der Waals surface area contributed by atoms with Crippen molar-refractivity contribution in [3.63, 3.8) is 0 Å². The minimum Gasteiger partial charge on any atom is -0.481 e. The molecule has 2 aliphatic rings. The van der Waals surface area contributed by atoms with Crippen molar-refractivity contribution in [2.75, 3.05) is 26.2 Å². The summed E-state index contributed by atoms with van der Waals surface area (Å²) < 4.78 is 0. The Hall–Kier alpha value is -10.7. The van der Waals surface area contributed by atoms with Crippen molar-refractivity contribution in [1.29, 1.82) is 0 Å². The van der Waals surface area contributed by atoms with Crippen LogP contribution in [0.2, 0.25) is 0 Å². The Morgan fingerprint density at radius 2 is 0.804 bits per heavy atom. The third-order valence-electron chi connectivity index (χ3n) is 17.1. The van der Waals surface area contributed by atoms with E-state index in [4.69, 9.17) is 22.3 Å². The summed E-state index contributed by atoms with van der Waals surface area (Å²) in [5, 5.41) is 75.3. The van der Waals surface area contributed by atoms with Crippen LogP contribution < -0.4 is 81.0 Å². The van der Waals surface area contributed by atoms with Crippen LogP contribution >= 0.6 is 0 Å². The number of unbranched alkanes of at least 4 members (excludes halogenated alkanes) is 1. The van der Waals surface area contributed by atoms with Crippen LogP contribution in [-0.2, 0) is 95.9 Å². The van der Waals surface area contributed by atoms with Crippen LogP contribution in [0, 0.1) is 11.8 Å². The molecule has 2 fully saturated rings. The highest BCUT2D eigenvalue weighted by molar-refractivity contribution is 6.01. The second-order valence-corrected chi connectivity index (χ2v) is 26.9. The third-order valence-corrected chi connectivity index (χ3v) is 17.1. The maximum atomic E-state index is 14.1. The van der Waals surface area contributed by atoms with Crippen LogP contribution in [0.3, 0.4) is 0 Å². The van der Waals surface area contributed by atoms with Gasteiger partial charge in [0.05, 0.1) is 19.0 Å². The summed E-state index contributed by atoms with van der Waals surface area (Å²) in [6, 6.07) is -20.7. The normalized spacial score (nSPS) is 17.3. The molecule has 0 aromatic rings. The second kappa shape index (κ2) is 45.6. The lowest BCUT2D eigenvalue weighted by Crippen LogP contribution is -2.60. The van der Waals surface area contributed by atoms with Crippen LogP contribution in [0.25, 0.3) is 0 Å². The molecule has 0 unspecified atom stereocenters. The van der Waals surface area contributed by atoms with Gasteiger partial charge in [0.1, 0.15) is 78.5 Å². The van der Waals surface area contributed by atoms with Crippen LogP contribution in [-0.4, -0.2) is 265 Å². The highest BCUT2D eigenvalue weighted by atomic mass is 16.4. The van der Waals surface area contributed by atoms with Crippen molar-refractivity contribution in [2.45, 2.75) is 249 Å². The maximum absolute atomic E-state index is 14.1. The van der Waals surface area contributed by atoms with E-state index < -0.39 is 273 Å². The molecule has 2 saturated heterocycles. The molecular formula is C65H105N17O25. The van der Waals surface area contributed by atoms with Gasteiger partial charge in [-0.1, -0.05) is 34.1 Å². The number of amides is 15. The first-order valence-electron chi connectivity index (χ1n) is 35.1. The number of nitrogens with one attached hydrogen (secondary N) is 12. The monoisotopic (exact) mass is 1520 g/mol. The smallest absolute Gasteiger partial charge is 0.326 e. The molecule has 0 aromatic heterocycles. The number of rotatable bonds is 48. The minimum absolute atomic E-state index is 0.00124. The van der Waals surface area contributed by atoms with E-state index >= 15 is 0 Å². The zero-order valence-electron chi connectivity index (χ0n) is 61.1. The fraction of sp³-hybridized carbons (Fsp3) is 0.692. The van der Waals surface area contributed by atoms with Crippen molar-refractivity contribution in [2.24, 2.45) is 29.0 Å². The van der Waals surface area contributed by atoms with E-state index in [1.54, 1.807) is 27.7 Å². The first kappa shape index (κ1) is 92.4. The lowest BCUT2D eigenvalue weighted by molar-refractivity contribution is -0.144. The molecule has 0 bridgehead atoms. The number of carboxylic acids is 5. The molecule has 15 amide bonds. The number of hydrogen-bond acceptors (Lipinski definition) is 22. The summed E-state index contributed by atoms with van der Waals surface area (Å²) in [7, 11) is 0. The lowest BCUT2D eigenvalue weighted by atomic mass is 9.99. The van der Waals surface area contributed by atoms with Crippen LogP contribution in [0.1, 0.15) is 165 Å². The predicted molar refractivity (Wildman–Crippen MR) is 371 cm³/mol. The number of likely N-dealkylation sites (tertiary alicyclic amines) is 2. The van der Waals surface area contributed by atoms with Crippen LogP contribution in [0.4, 0.5) is 0 Å². The van der Waals surface area contributed by atoms with Gasteiger partial charge in [-0.2, -0.15) is 0 Å². The van der Waals surface area contributed by atoms with E-state index in [1.807, 2.05) is 0 Å². The van der Waals surface area contributed by atoms with Crippen molar-refractivity contribution in [1.82, 2.24) is 73.6 Å². The number of hydrogen-bond donors (Lipinski definition) is 20. The first-order chi connectivity index (χ1) is 50.0. The number of nitrogens with zero attached hydrogens (tertiary/aromatic N) is 2. The molecule has 2 rings (SSSR count). The summed E-state index contributed by atoms with van der Waals surface area (Å²) in [4.78, 5) is 263. The fourth-order valence-corrected chi connectivity index (χ4v) is 11.2. The Kier molecular flexibility index (Phi) is 39.4. The van der Waals surface area contributed by atoms with Gasteiger partial charge in [-0.3, -0.25) is 91.1 Å². The SMILES string of the molecule is CC(C)C[C@H](NC(=O)[C@@H](NC(=O)[C@@H](N)CCCCN)C(C)C)C(=O)N[C@@H](CC(N)=O)C(=O)NCC(=O)N1CCC[C@H]1C(=O)N[C@@H](CCC(=O)O)C(=O)N[C@@H](CCC(=O)O)C(=O)N[C@@H](CCC(=O)O)C(=O)N[C@@H](C)C(=O)N[C@@H](C)C(=O)N[C@@H](C)C(=O)N1CCC[C@H]1C(=O)N[C@@H](C)C(=O)N[C@@H](CCC(=O)O)C(=O)O. The molecule has 0 aliphatic carbocycles. The molecule has 0 radical (unpaired) electrons. The largest absolute Gasteiger partial charge is 0.481 e. The van der Waals surface area contributed by atoms with Gasteiger partial charge in [0.2, 0.25) is 88.6 Å². The number of aliphatic carboxylic acids is 5. The van der Waals surface area contributed by atoms with Gasteiger partial charge in [-0.05, 0) is 117 Å². The highest BCUT2D eigenvalue weighted by Crippen LogP contribution is 2.21. The Bertz CT molecular complexity index is 3250. The molecule has 42 nitrogen and oxygen atoms in total. The molecule has 0 aromatic carbocycles. The third kappa shape index (κ3) is 32.7. The first-order valence-corrected chi connectivity index (χ1v) is 35.1. The molecular weight excluding hydrogens is 1420 g/mol. The summed E-state index contributed by atoms with van der Waals surface area (Å²) in [6.45, 7) is 11.0. The predicted octanol–water partition coefficient (Wildman–Crippen LogP) is -6.93. The zero-order chi connectivity index (χ0) is 81.3. The summed E-state index contributed by atoms with van der Waals surface area (Å²) in [5.74, 6) is -22.8. The van der Waals surface area contributed by atoms with Crippen LogP contribution in [0.5, 0.6) is 0 Å². The molecule has 2 heterocycles. The van der Waals surface area contributed by atoms with E-state index in [0.29, 0.717) is 25.8 Å². The van der Waals surface area contributed by atoms with Crippen molar-refractivity contribution < 1.29 is 121 Å². The summed E-state index contributed by atoms with van der Waals surface area (Å²) in [6.07, 6.45) is -4.42. The molecule has 2 aliphatic heterocycles. The Morgan fingerprint density at radius 3 is 1.27 bits per heavy atom. The number of primary amides is 1. The second-order valence-electron chi connectivity index (χ2n) is 26.9. The molecule has 23 N–H and O–H groups in total. The average Bonchev–Trinajstić information content (AvgIpc) is 1.77. The molecule has 0 saturated carbocycles. The van der Waals surface area contributed by atoms with Crippen molar-refractivity contribution in [3.05, 3.63) is 0 Å². The van der Waals surface area contributed by atoms with Gasteiger partial charge < -0.3 is 116 Å². The minimum atomic E-state index is -1.93. The van der Waals surface area contributed by atoms with E-state index in [9.17, 15) is 116 Å². The Balaban J connectivity index is 2.23. The fourth-order valence-electron chi connectivity index (χ4n) is 11.2. The molecule has 42 heteroatoms. The van der Waals surface area contributed by atoms with Crippen molar-refractivity contribution in [3.8, 4) is 0 Å². The maximum Gasteiger partial charge on any atom is 0.326 e. The average molecular weight is 1520 g/mol. The molecule has 107 heavy (non-hydrogen) atoms. The van der Waals surface area contributed by atoms with Gasteiger partial charge in [0, 0.05) is 38.8 Å². The molecule has 14 atom stereocenters. The van der Waals surface area contributed by atoms with Gasteiger partial charge in [-0.15, -0.1) is 0 Å². The van der Waals surface area contributed by atoms with E-state index in [1.165, 1.54) is 20.8 Å². The summed E-state index contributed by atoms with van der Waals surface area (Å²) >= 11 is 0. The Labute approximate surface area is 615 Å². The van der Waals surface area contributed by atoms with Gasteiger partial charge >= 0.3 is 29.8 Å². The van der Waals surface area contributed by atoms with Gasteiger partial charge in [0.25, 0.3) is 0 Å². The van der Waals surface area contributed by atoms with E-state index in [-0.39, 0.29) is 51.1 Å². The highest BCUT2D eigenvalue weighted by Gasteiger charge is 2.41. The van der Waals surface area contributed by atoms with Gasteiger partial charge in [-0.25, -0.2) is 4.79 Å². The number of carboxylic acid groups (broad SMARTS) is 5. The Morgan fingerprint density at radius 1 is 0.411 bits per heavy atom. The quantitative estimate of drug-likeness (QED) is 0.0252. The molecule has 0 spiro atoms. The molecule has 600 valence electrons. The lowest BCUT2D eigenvalue weighted by Gasteiger charge is -2.29. The van der Waals surface area contributed by atoms with E-state index in [0.717, 1.165) is 16.7 Å². The van der Waals surface area contributed by atoms with Crippen LogP contribution in [0.15, 0.2) is 0 Å². The standard InChI is InChI=1S/C65H105N17O25/c1-30(2)27-41(79-63(104)51(31(3)4)80-55(96)36(67)13-9-10-24-66)60(101)78-42(28-45(68)83)56(97)69-29-46(84)81-25-11-14-43(81)62(103)76-39(18-22-49(89)90)59(100)75-38(17-21-48(87)88)58(99)74-37(16-20-47(85)86)57(98)71-33(6)52(93)70-32(5)53(94)73-35(8)64(105)82-26-12-15-44(82)61(102)72-34(7)54(95)77-40(65(106)107)19-23-50(91)92/h30-44,51H,9-29,66-67H2,1-8H3,(H2,68,83)(H,69,97)(H,70,93)(H,71,98)(H,72,102)(H,73,94)(H,74,99)(H,75,100)(H,76,103)(H,77,95)(H,78,101)(H,79,104)(H,80,96)(H,85,86)(H,87,88)(H,89,90)(H,91,92)(H,106,107)/t32-,33-,34-,35-,36-,37-,38-,39-,40-,41-,42-,43-,44-,51-/m0/s1. The summed E-state index contributed by atoms with van der Waals surface area (Å²) in [5.41, 5.74) is 17.0. The van der Waals surface area contributed by atoms with Gasteiger partial charge in [0.15, 0.2) is 0 Å².